The minimum absolute atomic E-state index is 0. The quantitative estimate of drug-likeness (QED) is 0.445. The van der Waals surface area contributed by atoms with Gasteiger partial charge >= 0.3 is 0 Å². The maximum atomic E-state index is 6.61. The highest BCUT2D eigenvalue weighted by Gasteiger charge is 2.26. The molecule has 2 aromatic rings. The van der Waals surface area contributed by atoms with Crippen LogP contribution >= 0.6 is 24.0 Å². The van der Waals surface area contributed by atoms with Crippen molar-refractivity contribution in [1.82, 2.24) is 4.90 Å². The predicted octanol–water partition coefficient (Wildman–Crippen LogP) is 6.30. The molecule has 0 saturated carbocycles. The zero-order valence-electron chi connectivity index (χ0n) is 18.5. The molecule has 0 aliphatic carbocycles. The molecule has 1 saturated heterocycles. The smallest absolute Gasteiger partial charge is 0.0639 e. The summed E-state index contributed by atoms with van der Waals surface area (Å²) in [6.45, 7) is 12.3. The van der Waals surface area contributed by atoms with Crippen LogP contribution in [0.3, 0.4) is 0 Å². The average Bonchev–Trinajstić information content (AvgIpc) is 3.21. The molecular formula is C25H36Cl2N2O. The van der Waals surface area contributed by atoms with Crippen LogP contribution in [0.4, 0.5) is 5.69 Å². The van der Waals surface area contributed by atoms with Crippen molar-refractivity contribution in [3.8, 4) is 0 Å². The first kappa shape index (κ1) is 25.0. The van der Waals surface area contributed by atoms with Gasteiger partial charge in [-0.05, 0) is 49.0 Å². The van der Waals surface area contributed by atoms with Crippen LogP contribution in [0.25, 0.3) is 0 Å². The van der Waals surface area contributed by atoms with E-state index < -0.39 is 0 Å². The van der Waals surface area contributed by atoms with Gasteiger partial charge in [0.25, 0.3) is 0 Å². The number of nitrogens with zero attached hydrogens (tertiary/aromatic N) is 2. The van der Waals surface area contributed by atoms with Crippen LogP contribution in [0.15, 0.2) is 54.6 Å². The Bertz CT molecular complexity index is 742. The van der Waals surface area contributed by atoms with E-state index >= 15 is 0 Å². The minimum Gasteiger partial charge on any atom is -0.379 e. The Hall–Kier alpha value is -1.26. The van der Waals surface area contributed by atoms with E-state index in [2.05, 4.69) is 73.0 Å². The molecule has 1 fully saturated rings. The highest BCUT2D eigenvalue weighted by atomic mass is 35.5. The number of halogens is 2. The molecule has 166 valence electrons. The first-order chi connectivity index (χ1) is 13.9. The van der Waals surface area contributed by atoms with Crippen molar-refractivity contribution in [2.75, 3.05) is 37.7 Å². The van der Waals surface area contributed by atoms with Gasteiger partial charge < -0.3 is 9.64 Å². The van der Waals surface area contributed by atoms with Crippen molar-refractivity contribution in [3.63, 3.8) is 0 Å². The average molecular weight is 451 g/mol. The van der Waals surface area contributed by atoms with Crippen LogP contribution in [0.2, 0.25) is 5.02 Å². The molecule has 0 bridgehead atoms. The lowest BCUT2D eigenvalue weighted by molar-refractivity contribution is 0.0318. The predicted molar refractivity (Wildman–Crippen MR) is 131 cm³/mol. The monoisotopic (exact) mass is 450 g/mol. The molecule has 1 aliphatic rings. The Morgan fingerprint density at radius 2 is 1.63 bits per heavy atom. The van der Waals surface area contributed by atoms with E-state index in [1.54, 1.807) is 0 Å². The number of para-hydroxylation sites is 1. The van der Waals surface area contributed by atoms with Crippen LogP contribution in [-0.2, 0) is 11.3 Å². The first-order valence-corrected chi connectivity index (χ1v) is 11.2. The van der Waals surface area contributed by atoms with Crippen molar-refractivity contribution in [3.05, 3.63) is 65.2 Å². The normalized spacial score (nSPS) is 15.6. The minimum atomic E-state index is 0. The van der Waals surface area contributed by atoms with E-state index in [0.717, 1.165) is 50.1 Å². The molecule has 0 radical (unpaired) electrons. The van der Waals surface area contributed by atoms with Crippen molar-refractivity contribution >= 4 is 29.7 Å². The van der Waals surface area contributed by atoms with Gasteiger partial charge in [-0.15, -0.1) is 12.4 Å². The Morgan fingerprint density at radius 1 is 1.00 bits per heavy atom. The summed E-state index contributed by atoms with van der Waals surface area (Å²) in [4.78, 5) is 5.01. The van der Waals surface area contributed by atoms with Gasteiger partial charge in [-0.2, -0.15) is 0 Å². The van der Waals surface area contributed by atoms with Crippen molar-refractivity contribution < 1.29 is 4.74 Å². The largest absolute Gasteiger partial charge is 0.379 e. The van der Waals surface area contributed by atoms with E-state index in [1.807, 2.05) is 12.1 Å². The lowest BCUT2D eigenvalue weighted by Gasteiger charge is -2.35. The molecular weight excluding hydrogens is 415 g/mol. The topological polar surface area (TPSA) is 15.7 Å². The van der Waals surface area contributed by atoms with Gasteiger partial charge in [0.2, 0.25) is 0 Å². The van der Waals surface area contributed by atoms with Gasteiger partial charge in [-0.1, -0.05) is 74.8 Å². The number of anilines is 1. The lowest BCUT2D eigenvalue weighted by Crippen LogP contribution is -2.46. The van der Waals surface area contributed by atoms with E-state index in [-0.39, 0.29) is 17.8 Å². The summed E-state index contributed by atoms with van der Waals surface area (Å²) in [6.07, 6.45) is 2.56. The standard InChI is InChI=1S/C25H35ClN2O.ClH/c1-25(2,3)20-29-19-22(27-15-9-10-16-27)18-28(17-21-11-5-4-6-12-21)24-14-8-7-13-23(24)26;/h4-8,11-14,22H,9-10,15-20H2,1-3H3;1H. The van der Waals surface area contributed by atoms with E-state index in [4.69, 9.17) is 16.3 Å². The molecule has 1 heterocycles. The summed E-state index contributed by atoms with van der Waals surface area (Å²) < 4.78 is 6.19. The summed E-state index contributed by atoms with van der Waals surface area (Å²) in [5.74, 6) is 0. The molecule has 30 heavy (non-hydrogen) atoms. The Morgan fingerprint density at radius 3 is 2.27 bits per heavy atom. The fourth-order valence-electron chi connectivity index (χ4n) is 3.90. The molecule has 0 amide bonds. The van der Waals surface area contributed by atoms with Gasteiger partial charge in [0.05, 0.1) is 30.0 Å². The SMILES string of the molecule is CC(C)(C)COCC(CN(Cc1ccccc1)c1ccccc1Cl)N1CCCC1.Cl. The number of benzene rings is 2. The third-order valence-corrected chi connectivity index (χ3v) is 5.66. The van der Waals surface area contributed by atoms with Gasteiger partial charge in [0.15, 0.2) is 0 Å². The van der Waals surface area contributed by atoms with Gasteiger partial charge in [0.1, 0.15) is 0 Å². The second-order valence-electron chi connectivity index (χ2n) is 9.29. The van der Waals surface area contributed by atoms with Crippen LogP contribution in [-0.4, -0.2) is 43.8 Å². The fraction of sp³-hybridized carbons (Fsp3) is 0.520. The molecule has 3 nitrogen and oxygen atoms in total. The number of likely N-dealkylation sites (tertiary alicyclic amines) is 1. The third kappa shape index (κ3) is 7.77. The molecule has 5 heteroatoms. The van der Waals surface area contributed by atoms with E-state index in [9.17, 15) is 0 Å². The maximum absolute atomic E-state index is 6.61. The van der Waals surface area contributed by atoms with Crippen molar-refractivity contribution in [2.24, 2.45) is 5.41 Å². The molecule has 1 atom stereocenters. The first-order valence-electron chi connectivity index (χ1n) is 10.8. The summed E-state index contributed by atoms with van der Waals surface area (Å²) in [5.41, 5.74) is 2.57. The Labute approximate surface area is 193 Å². The Balaban J connectivity index is 0.00000320. The van der Waals surface area contributed by atoms with Crippen LogP contribution in [0.5, 0.6) is 0 Å². The maximum Gasteiger partial charge on any atom is 0.0639 e. The number of rotatable bonds is 9. The van der Waals surface area contributed by atoms with Crippen molar-refractivity contribution in [2.45, 2.75) is 46.2 Å². The Kier molecular flexibility index (Phi) is 9.96. The number of ether oxygens (including phenoxy) is 1. The van der Waals surface area contributed by atoms with E-state index in [1.165, 1.54) is 18.4 Å². The molecule has 2 aromatic carbocycles. The fourth-order valence-corrected chi connectivity index (χ4v) is 4.15. The van der Waals surface area contributed by atoms with Crippen LogP contribution in [0.1, 0.15) is 39.2 Å². The van der Waals surface area contributed by atoms with Crippen LogP contribution in [0, 0.1) is 5.41 Å². The third-order valence-electron chi connectivity index (χ3n) is 5.34. The van der Waals surface area contributed by atoms with Gasteiger partial charge in [-0.25, -0.2) is 0 Å². The molecule has 1 aliphatic heterocycles. The highest BCUT2D eigenvalue weighted by Crippen LogP contribution is 2.28. The van der Waals surface area contributed by atoms with Crippen LogP contribution < -0.4 is 4.90 Å². The molecule has 0 aromatic heterocycles. The zero-order valence-corrected chi connectivity index (χ0v) is 20.1. The second-order valence-corrected chi connectivity index (χ2v) is 9.70. The molecule has 1 unspecified atom stereocenters. The molecule has 3 rings (SSSR count). The summed E-state index contributed by atoms with van der Waals surface area (Å²) >= 11 is 6.61. The zero-order chi connectivity index (χ0) is 20.7. The van der Waals surface area contributed by atoms with Crippen molar-refractivity contribution in [1.29, 1.82) is 0 Å². The molecule has 0 N–H and O–H groups in total. The second kappa shape index (κ2) is 12.0. The summed E-state index contributed by atoms with van der Waals surface area (Å²) in [5, 5.41) is 0.805. The number of hydrogen-bond donors (Lipinski definition) is 0. The molecule has 0 spiro atoms. The summed E-state index contributed by atoms with van der Waals surface area (Å²) in [7, 11) is 0. The number of hydrogen-bond acceptors (Lipinski definition) is 3. The highest BCUT2D eigenvalue weighted by molar-refractivity contribution is 6.33. The van der Waals surface area contributed by atoms with Gasteiger partial charge in [-0.3, -0.25) is 4.90 Å². The lowest BCUT2D eigenvalue weighted by atomic mass is 9.99. The van der Waals surface area contributed by atoms with E-state index in [0.29, 0.717) is 6.04 Å². The van der Waals surface area contributed by atoms with Gasteiger partial charge in [0, 0.05) is 13.1 Å². The summed E-state index contributed by atoms with van der Waals surface area (Å²) in [6, 6.07) is 19.2.